The van der Waals surface area contributed by atoms with Gasteiger partial charge in [-0.15, -0.1) is 0 Å². The molecule has 4 heteroatoms. The minimum Gasteiger partial charge on any atom is -0.330 e. The van der Waals surface area contributed by atoms with Gasteiger partial charge in [-0.25, -0.2) is 4.98 Å². The average Bonchev–Trinajstić information content (AvgIpc) is 2.47. The molecule has 2 N–H and O–H groups in total. The molecule has 1 rings (SSSR count). The van der Waals surface area contributed by atoms with Crippen molar-refractivity contribution in [1.29, 1.82) is 0 Å². The Morgan fingerprint density at radius 2 is 2.23 bits per heavy atom. The Kier molecular flexibility index (Phi) is 3.42. The van der Waals surface area contributed by atoms with Gasteiger partial charge in [-0.05, 0) is 12.5 Å². The van der Waals surface area contributed by atoms with Crippen molar-refractivity contribution >= 4 is 0 Å². The monoisotopic (exact) mass is 182 g/mol. The van der Waals surface area contributed by atoms with E-state index in [0.29, 0.717) is 12.5 Å². The third-order valence-electron chi connectivity index (χ3n) is 2.15. The summed E-state index contributed by atoms with van der Waals surface area (Å²) in [4.78, 5) is 4.41. The van der Waals surface area contributed by atoms with Gasteiger partial charge in [-0.2, -0.15) is 5.10 Å². The first kappa shape index (κ1) is 10.2. The normalized spacial score (nSPS) is 13.2. The second-order valence-corrected chi connectivity index (χ2v) is 3.47. The SMILES string of the molecule is CCc1nc(CC(C)CN)n(C)n1. The Bertz CT molecular complexity index is 267. The van der Waals surface area contributed by atoms with E-state index >= 15 is 0 Å². The van der Waals surface area contributed by atoms with Gasteiger partial charge in [0.1, 0.15) is 5.82 Å². The first-order valence-electron chi connectivity index (χ1n) is 4.76. The minimum absolute atomic E-state index is 0.479. The van der Waals surface area contributed by atoms with E-state index in [1.165, 1.54) is 0 Å². The Labute approximate surface area is 79.2 Å². The molecule has 0 aliphatic carbocycles. The summed E-state index contributed by atoms with van der Waals surface area (Å²) in [6.07, 6.45) is 1.81. The van der Waals surface area contributed by atoms with Gasteiger partial charge in [-0.3, -0.25) is 4.68 Å². The molecule has 0 bridgehead atoms. The smallest absolute Gasteiger partial charge is 0.150 e. The van der Waals surface area contributed by atoms with E-state index in [2.05, 4.69) is 23.9 Å². The molecule has 0 spiro atoms. The number of rotatable bonds is 4. The number of nitrogens with zero attached hydrogens (tertiary/aromatic N) is 3. The molecule has 0 aliphatic heterocycles. The molecule has 0 aromatic carbocycles. The highest BCUT2D eigenvalue weighted by atomic mass is 15.3. The van der Waals surface area contributed by atoms with Crippen molar-refractivity contribution in [3.63, 3.8) is 0 Å². The molecule has 0 saturated carbocycles. The molecule has 0 radical (unpaired) electrons. The summed E-state index contributed by atoms with van der Waals surface area (Å²) < 4.78 is 1.85. The van der Waals surface area contributed by atoms with Gasteiger partial charge >= 0.3 is 0 Å². The van der Waals surface area contributed by atoms with Crippen LogP contribution in [0.4, 0.5) is 0 Å². The van der Waals surface area contributed by atoms with Crippen molar-refractivity contribution in [3.05, 3.63) is 11.6 Å². The van der Waals surface area contributed by atoms with Gasteiger partial charge in [-0.1, -0.05) is 13.8 Å². The van der Waals surface area contributed by atoms with Crippen LogP contribution in [0.15, 0.2) is 0 Å². The molecule has 0 aliphatic rings. The van der Waals surface area contributed by atoms with Gasteiger partial charge in [0, 0.05) is 19.9 Å². The summed E-state index contributed by atoms with van der Waals surface area (Å²) in [5.41, 5.74) is 5.55. The Balaban J connectivity index is 2.70. The van der Waals surface area contributed by atoms with Crippen LogP contribution in [0.3, 0.4) is 0 Å². The van der Waals surface area contributed by atoms with Crippen LogP contribution in [0.1, 0.15) is 25.5 Å². The molecule has 0 fully saturated rings. The zero-order valence-corrected chi connectivity index (χ0v) is 8.62. The lowest BCUT2D eigenvalue weighted by Crippen LogP contribution is -2.15. The summed E-state index contributed by atoms with van der Waals surface area (Å²) in [5, 5.41) is 4.28. The van der Waals surface area contributed by atoms with Crippen molar-refractivity contribution in [3.8, 4) is 0 Å². The number of hydrogen-bond acceptors (Lipinski definition) is 3. The third kappa shape index (κ3) is 2.52. The van der Waals surface area contributed by atoms with E-state index in [4.69, 9.17) is 5.73 Å². The first-order valence-corrected chi connectivity index (χ1v) is 4.76. The number of nitrogens with two attached hydrogens (primary N) is 1. The van der Waals surface area contributed by atoms with E-state index < -0.39 is 0 Å². The van der Waals surface area contributed by atoms with Gasteiger partial charge in [0.15, 0.2) is 5.82 Å². The summed E-state index contributed by atoms with van der Waals surface area (Å²) >= 11 is 0. The van der Waals surface area contributed by atoms with Crippen molar-refractivity contribution in [2.75, 3.05) is 6.54 Å². The minimum atomic E-state index is 0.479. The molecule has 0 amide bonds. The zero-order chi connectivity index (χ0) is 9.84. The molecule has 4 nitrogen and oxygen atoms in total. The molecule has 1 atom stereocenters. The maximum atomic E-state index is 5.55. The van der Waals surface area contributed by atoms with Crippen LogP contribution in [-0.2, 0) is 19.9 Å². The highest BCUT2D eigenvalue weighted by Gasteiger charge is 2.08. The fraction of sp³-hybridized carbons (Fsp3) is 0.778. The molecule has 13 heavy (non-hydrogen) atoms. The predicted molar refractivity (Wildman–Crippen MR) is 52.3 cm³/mol. The highest BCUT2D eigenvalue weighted by Crippen LogP contribution is 2.05. The van der Waals surface area contributed by atoms with Gasteiger partial charge in [0.05, 0.1) is 0 Å². The van der Waals surface area contributed by atoms with E-state index in [1.807, 2.05) is 11.7 Å². The quantitative estimate of drug-likeness (QED) is 0.738. The average molecular weight is 182 g/mol. The van der Waals surface area contributed by atoms with Gasteiger partial charge in [0.2, 0.25) is 0 Å². The van der Waals surface area contributed by atoms with Crippen LogP contribution in [0.5, 0.6) is 0 Å². The van der Waals surface area contributed by atoms with E-state index in [-0.39, 0.29) is 0 Å². The lowest BCUT2D eigenvalue weighted by Gasteiger charge is -2.05. The van der Waals surface area contributed by atoms with Crippen LogP contribution < -0.4 is 5.73 Å². The topological polar surface area (TPSA) is 56.7 Å². The van der Waals surface area contributed by atoms with E-state index in [9.17, 15) is 0 Å². The standard InChI is InChI=1S/C9H18N4/c1-4-8-11-9(13(3)12-8)5-7(2)6-10/h7H,4-6,10H2,1-3H3. The van der Waals surface area contributed by atoms with Crippen LogP contribution >= 0.6 is 0 Å². The van der Waals surface area contributed by atoms with Crippen LogP contribution in [0.2, 0.25) is 0 Å². The number of hydrogen-bond donors (Lipinski definition) is 1. The lowest BCUT2D eigenvalue weighted by molar-refractivity contribution is 0.549. The van der Waals surface area contributed by atoms with E-state index in [1.54, 1.807) is 0 Å². The highest BCUT2D eigenvalue weighted by molar-refractivity contribution is 4.93. The van der Waals surface area contributed by atoms with E-state index in [0.717, 1.165) is 24.5 Å². The van der Waals surface area contributed by atoms with Crippen molar-refractivity contribution in [2.45, 2.75) is 26.7 Å². The second kappa shape index (κ2) is 4.37. The maximum Gasteiger partial charge on any atom is 0.150 e. The Morgan fingerprint density at radius 1 is 1.54 bits per heavy atom. The van der Waals surface area contributed by atoms with Crippen LogP contribution in [-0.4, -0.2) is 21.3 Å². The largest absolute Gasteiger partial charge is 0.330 e. The molecule has 1 aromatic heterocycles. The lowest BCUT2D eigenvalue weighted by atomic mass is 10.1. The van der Waals surface area contributed by atoms with Gasteiger partial charge in [0.25, 0.3) is 0 Å². The summed E-state index contributed by atoms with van der Waals surface area (Å²) in [7, 11) is 1.94. The molecular formula is C9H18N4. The summed E-state index contributed by atoms with van der Waals surface area (Å²) in [6, 6.07) is 0. The van der Waals surface area contributed by atoms with Crippen molar-refractivity contribution in [1.82, 2.24) is 14.8 Å². The molecule has 1 heterocycles. The number of aryl methyl sites for hydroxylation is 2. The van der Waals surface area contributed by atoms with Crippen LogP contribution in [0, 0.1) is 5.92 Å². The molecular weight excluding hydrogens is 164 g/mol. The summed E-state index contributed by atoms with van der Waals surface area (Å²) in [5.74, 6) is 2.43. The fourth-order valence-electron chi connectivity index (χ4n) is 1.20. The predicted octanol–water partition coefficient (Wildman–Crippen LogP) is 0.515. The molecule has 1 aromatic rings. The van der Waals surface area contributed by atoms with Crippen molar-refractivity contribution in [2.24, 2.45) is 18.7 Å². The zero-order valence-electron chi connectivity index (χ0n) is 8.62. The number of aromatic nitrogens is 3. The maximum absolute atomic E-state index is 5.55. The fourth-order valence-corrected chi connectivity index (χ4v) is 1.20. The Morgan fingerprint density at radius 3 is 2.69 bits per heavy atom. The van der Waals surface area contributed by atoms with Gasteiger partial charge < -0.3 is 5.73 Å². The molecule has 1 unspecified atom stereocenters. The second-order valence-electron chi connectivity index (χ2n) is 3.47. The third-order valence-corrected chi connectivity index (χ3v) is 2.15. The van der Waals surface area contributed by atoms with Crippen molar-refractivity contribution < 1.29 is 0 Å². The molecule has 74 valence electrons. The van der Waals surface area contributed by atoms with Crippen LogP contribution in [0.25, 0.3) is 0 Å². The summed E-state index contributed by atoms with van der Waals surface area (Å²) in [6.45, 7) is 4.89. The Hall–Kier alpha value is -0.900. The molecule has 0 saturated heterocycles. The first-order chi connectivity index (χ1) is 6.17.